The van der Waals surface area contributed by atoms with E-state index < -0.39 is 5.60 Å². The molecule has 0 aliphatic carbocycles. The molecule has 1 aromatic rings. The maximum atomic E-state index is 13.4. The number of nitrogens with zero attached hydrogens (tertiary/aromatic N) is 1. The molecule has 0 radical (unpaired) electrons. The second kappa shape index (κ2) is 5.47. The van der Waals surface area contributed by atoms with Gasteiger partial charge in [0.15, 0.2) is 0 Å². The van der Waals surface area contributed by atoms with E-state index in [1.54, 1.807) is 13.2 Å². The Morgan fingerprint density at radius 3 is 2.47 bits per heavy atom. The fraction of sp³-hybridized carbons (Fsp3) is 0.600. The van der Waals surface area contributed by atoms with Crippen molar-refractivity contribution in [2.75, 3.05) is 20.2 Å². The van der Waals surface area contributed by atoms with Gasteiger partial charge in [-0.2, -0.15) is 0 Å². The topological polar surface area (TPSA) is 32.7 Å². The minimum absolute atomic E-state index is 0.337. The first kappa shape index (κ1) is 14.3. The van der Waals surface area contributed by atoms with Crippen LogP contribution in [0.1, 0.15) is 32.3 Å². The average Bonchev–Trinajstić information content (AvgIpc) is 2.39. The minimum Gasteiger partial charge on any atom is -0.496 e. The number of aliphatic hydroxyl groups is 1. The normalized spacial score (nSPS) is 19.7. The molecule has 1 heterocycles. The van der Waals surface area contributed by atoms with Crippen molar-refractivity contribution in [3.8, 4) is 5.75 Å². The fourth-order valence-electron chi connectivity index (χ4n) is 2.72. The molecule has 1 aliphatic rings. The second-order valence-electron chi connectivity index (χ2n) is 5.51. The molecule has 0 aromatic heterocycles. The van der Waals surface area contributed by atoms with Crippen molar-refractivity contribution in [2.45, 2.75) is 38.3 Å². The summed E-state index contributed by atoms with van der Waals surface area (Å²) in [5, 5.41) is 10.8. The van der Waals surface area contributed by atoms with Crippen LogP contribution in [0.2, 0.25) is 0 Å². The molecule has 0 saturated carbocycles. The average molecular weight is 267 g/mol. The molecule has 1 fully saturated rings. The molecule has 106 valence electrons. The van der Waals surface area contributed by atoms with Gasteiger partial charge < -0.3 is 14.7 Å². The van der Waals surface area contributed by atoms with Crippen molar-refractivity contribution in [1.82, 2.24) is 4.90 Å². The van der Waals surface area contributed by atoms with Gasteiger partial charge in [-0.15, -0.1) is 0 Å². The standard InChI is InChI=1S/C15H22FNO2/c1-11(2)17-8-6-15(18,7-9-17)13-10-12(16)4-5-14(13)19-3/h4-5,10-11,18H,6-9H2,1-3H3. The maximum absolute atomic E-state index is 13.4. The van der Waals surface area contributed by atoms with Gasteiger partial charge in [0.25, 0.3) is 0 Å². The highest BCUT2D eigenvalue weighted by atomic mass is 19.1. The van der Waals surface area contributed by atoms with Gasteiger partial charge in [0.1, 0.15) is 11.6 Å². The summed E-state index contributed by atoms with van der Waals surface area (Å²) in [5.41, 5.74) is -0.419. The van der Waals surface area contributed by atoms with Crippen LogP contribution in [0.4, 0.5) is 4.39 Å². The Morgan fingerprint density at radius 2 is 1.95 bits per heavy atom. The lowest BCUT2D eigenvalue weighted by Gasteiger charge is -2.40. The lowest BCUT2D eigenvalue weighted by atomic mass is 9.83. The van der Waals surface area contributed by atoms with Gasteiger partial charge in [0.05, 0.1) is 12.7 Å². The molecule has 3 nitrogen and oxygen atoms in total. The van der Waals surface area contributed by atoms with Crippen molar-refractivity contribution in [3.63, 3.8) is 0 Å². The molecule has 0 amide bonds. The van der Waals surface area contributed by atoms with E-state index in [0.717, 1.165) is 13.1 Å². The van der Waals surface area contributed by atoms with Gasteiger partial charge in [0.2, 0.25) is 0 Å². The van der Waals surface area contributed by atoms with E-state index in [0.29, 0.717) is 30.2 Å². The fourth-order valence-corrected chi connectivity index (χ4v) is 2.72. The molecule has 1 aliphatic heterocycles. The van der Waals surface area contributed by atoms with E-state index in [-0.39, 0.29) is 5.82 Å². The Bertz CT molecular complexity index is 440. The molecular formula is C15H22FNO2. The SMILES string of the molecule is COc1ccc(F)cc1C1(O)CCN(C(C)C)CC1. The zero-order valence-corrected chi connectivity index (χ0v) is 11.8. The van der Waals surface area contributed by atoms with E-state index in [4.69, 9.17) is 4.74 Å². The van der Waals surface area contributed by atoms with Crippen LogP contribution in [-0.4, -0.2) is 36.2 Å². The largest absolute Gasteiger partial charge is 0.496 e. The number of rotatable bonds is 3. The first-order chi connectivity index (χ1) is 8.96. The van der Waals surface area contributed by atoms with Crippen molar-refractivity contribution in [3.05, 3.63) is 29.6 Å². The number of piperidine rings is 1. The molecule has 2 rings (SSSR count). The quantitative estimate of drug-likeness (QED) is 0.913. The summed E-state index contributed by atoms with van der Waals surface area (Å²) in [5.74, 6) is 0.220. The number of hydrogen-bond donors (Lipinski definition) is 1. The summed E-state index contributed by atoms with van der Waals surface area (Å²) in [6.07, 6.45) is 1.20. The van der Waals surface area contributed by atoms with Crippen LogP contribution in [-0.2, 0) is 5.60 Å². The predicted octanol–water partition coefficient (Wildman–Crippen LogP) is 2.53. The third-order valence-electron chi connectivity index (χ3n) is 4.02. The highest BCUT2D eigenvalue weighted by Gasteiger charge is 2.37. The number of halogens is 1. The molecule has 0 bridgehead atoms. The van der Waals surface area contributed by atoms with Crippen LogP contribution < -0.4 is 4.74 Å². The Balaban J connectivity index is 2.24. The van der Waals surface area contributed by atoms with Crippen LogP contribution in [0, 0.1) is 5.82 Å². The van der Waals surface area contributed by atoms with Crippen LogP contribution in [0.25, 0.3) is 0 Å². The van der Waals surface area contributed by atoms with Gasteiger partial charge in [-0.25, -0.2) is 4.39 Å². The first-order valence-electron chi connectivity index (χ1n) is 6.77. The third kappa shape index (κ3) is 2.90. The number of hydrogen-bond acceptors (Lipinski definition) is 3. The van der Waals surface area contributed by atoms with E-state index in [1.807, 2.05) is 0 Å². The first-order valence-corrected chi connectivity index (χ1v) is 6.77. The number of methoxy groups -OCH3 is 1. The Kier molecular flexibility index (Phi) is 4.11. The smallest absolute Gasteiger partial charge is 0.125 e. The molecule has 1 aromatic carbocycles. The van der Waals surface area contributed by atoms with E-state index in [2.05, 4.69) is 18.7 Å². The van der Waals surface area contributed by atoms with Gasteiger partial charge >= 0.3 is 0 Å². The maximum Gasteiger partial charge on any atom is 0.125 e. The molecule has 0 spiro atoms. The highest BCUT2D eigenvalue weighted by molar-refractivity contribution is 5.39. The zero-order valence-electron chi connectivity index (χ0n) is 11.8. The summed E-state index contributed by atoms with van der Waals surface area (Å²) in [4.78, 5) is 2.32. The van der Waals surface area contributed by atoms with E-state index in [9.17, 15) is 9.50 Å². The van der Waals surface area contributed by atoms with E-state index in [1.165, 1.54) is 12.1 Å². The highest BCUT2D eigenvalue weighted by Crippen LogP contribution is 2.38. The molecular weight excluding hydrogens is 245 g/mol. The van der Waals surface area contributed by atoms with Gasteiger partial charge in [0, 0.05) is 24.7 Å². The molecule has 0 atom stereocenters. The van der Waals surface area contributed by atoms with Crippen molar-refractivity contribution >= 4 is 0 Å². The summed E-state index contributed by atoms with van der Waals surface area (Å²) in [6, 6.07) is 4.80. The number of likely N-dealkylation sites (tertiary alicyclic amines) is 1. The molecule has 4 heteroatoms. The molecule has 1 N–H and O–H groups in total. The van der Waals surface area contributed by atoms with Crippen LogP contribution in [0.5, 0.6) is 5.75 Å². The lowest BCUT2D eigenvalue weighted by Crippen LogP contribution is -2.45. The molecule has 19 heavy (non-hydrogen) atoms. The van der Waals surface area contributed by atoms with Crippen LogP contribution >= 0.6 is 0 Å². The van der Waals surface area contributed by atoms with E-state index >= 15 is 0 Å². The second-order valence-corrected chi connectivity index (χ2v) is 5.51. The summed E-state index contributed by atoms with van der Waals surface area (Å²) in [6.45, 7) is 5.92. The van der Waals surface area contributed by atoms with Crippen molar-refractivity contribution < 1.29 is 14.2 Å². The van der Waals surface area contributed by atoms with Crippen LogP contribution in [0.15, 0.2) is 18.2 Å². The number of benzene rings is 1. The summed E-state index contributed by atoms with van der Waals surface area (Å²) in [7, 11) is 1.54. The third-order valence-corrected chi connectivity index (χ3v) is 4.02. The monoisotopic (exact) mass is 267 g/mol. The van der Waals surface area contributed by atoms with Gasteiger partial charge in [-0.05, 0) is 44.9 Å². The number of ether oxygens (including phenoxy) is 1. The Morgan fingerprint density at radius 1 is 1.32 bits per heavy atom. The summed E-state index contributed by atoms with van der Waals surface area (Å²) < 4.78 is 18.7. The predicted molar refractivity (Wildman–Crippen MR) is 72.8 cm³/mol. The Labute approximate surface area is 114 Å². The van der Waals surface area contributed by atoms with Gasteiger partial charge in [-0.1, -0.05) is 0 Å². The van der Waals surface area contributed by atoms with Crippen LogP contribution in [0.3, 0.4) is 0 Å². The van der Waals surface area contributed by atoms with Crippen molar-refractivity contribution in [2.24, 2.45) is 0 Å². The Hall–Kier alpha value is -1.13. The summed E-state index contributed by atoms with van der Waals surface area (Å²) >= 11 is 0. The van der Waals surface area contributed by atoms with Crippen molar-refractivity contribution in [1.29, 1.82) is 0 Å². The molecule has 1 saturated heterocycles. The molecule has 0 unspecified atom stereocenters. The van der Waals surface area contributed by atoms with Gasteiger partial charge in [-0.3, -0.25) is 0 Å². The minimum atomic E-state index is -0.987. The zero-order chi connectivity index (χ0) is 14.0. The lowest BCUT2D eigenvalue weighted by molar-refractivity contribution is -0.0340.